The van der Waals surface area contributed by atoms with E-state index >= 15 is 0 Å². The van der Waals surface area contributed by atoms with E-state index in [-0.39, 0.29) is 0 Å². The Kier molecular flexibility index (Phi) is 4.02. The molecule has 3 heteroatoms. The summed E-state index contributed by atoms with van der Waals surface area (Å²) in [7, 11) is 0. The van der Waals surface area contributed by atoms with Crippen molar-refractivity contribution in [2.75, 3.05) is 0 Å². The summed E-state index contributed by atoms with van der Waals surface area (Å²) in [6, 6.07) is 0. The maximum absolute atomic E-state index is 5.68. The zero-order valence-corrected chi connectivity index (χ0v) is 9.08. The van der Waals surface area contributed by atoms with Crippen molar-refractivity contribution in [3.8, 4) is 0 Å². The number of aromatic nitrogens is 1. The number of nitrogens with zero attached hydrogens (tertiary/aromatic N) is 1. The lowest BCUT2D eigenvalue weighted by molar-refractivity contribution is 0.636. The third-order valence-electron chi connectivity index (χ3n) is 2.04. The summed E-state index contributed by atoms with van der Waals surface area (Å²) < 4.78 is 0. The van der Waals surface area contributed by atoms with E-state index in [0.29, 0.717) is 11.8 Å². The molecule has 1 aromatic rings. The van der Waals surface area contributed by atoms with Crippen LogP contribution in [0.1, 0.15) is 43.3 Å². The fourth-order valence-electron chi connectivity index (χ4n) is 1.21. The smallest absolute Gasteiger partial charge is 0.0959 e. The van der Waals surface area contributed by atoms with Gasteiger partial charge in [0.15, 0.2) is 0 Å². The number of alkyl halides is 1. The summed E-state index contributed by atoms with van der Waals surface area (Å²) in [5.41, 5.74) is 1.02. The van der Waals surface area contributed by atoms with E-state index in [0.717, 1.165) is 5.69 Å². The molecule has 0 bridgehead atoms. The molecule has 0 aliphatic heterocycles. The molecule has 0 spiro atoms. The molecule has 0 amide bonds. The molecule has 12 heavy (non-hydrogen) atoms. The van der Waals surface area contributed by atoms with Crippen molar-refractivity contribution in [2.45, 2.75) is 38.5 Å². The Balaban J connectivity index is 2.72. The van der Waals surface area contributed by atoms with E-state index < -0.39 is 0 Å². The lowest BCUT2D eigenvalue weighted by Crippen LogP contribution is -1.94. The molecule has 0 saturated carbocycles. The van der Waals surface area contributed by atoms with Gasteiger partial charge in [0, 0.05) is 11.3 Å². The molecule has 0 saturated heterocycles. The van der Waals surface area contributed by atoms with Gasteiger partial charge in [-0.1, -0.05) is 13.8 Å². The van der Waals surface area contributed by atoms with Crippen molar-refractivity contribution in [2.24, 2.45) is 0 Å². The molecule has 0 unspecified atom stereocenters. The highest BCUT2D eigenvalue weighted by atomic mass is 35.5. The lowest BCUT2D eigenvalue weighted by atomic mass is 10.1. The minimum absolute atomic E-state index is 0.538. The van der Waals surface area contributed by atoms with Crippen molar-refractivity contribution in [1.82, 2.24) is 4.98 Å². The Morgan fingerprint density at radius 2 is 2.17 bits per heavy atom. The van der Waals surface area contributed by atoms with E-state index in [2.05, 4.69) is 24.2 Å². The van der Waals surface area contributed by atoms with Crippen molar-refractivity contribution in [1.29, 1.82) is 0 Å². The van der Waals surface area contributed by atoms with Crippen LogP contribution in [0.4, 0.5) is 0 Å². The minimum Gasteiger partial charge on any atom is -0.245 e. The van der Waals surface area contributed by atoms with Gasteiger partial charge in [-0.3, -0.25) is 0 Å². The fraction of sp³-hybridized carbons (Fsp3) is 0.667. The minimum atomic E-state index is 0.538. The molecule has 0 atom stereocenters. The van der Waals surface area contributed by atoms with Crippen LogP contribution in [-0.4, -0.2) is 4.98 Å². The Labute approximate surface area is 82.8 Å². The molecule has 0 N–H and O–H groups in total. The van der Waals surface area contributed by atoms with Gasteiger partial charge < -0.3 is 0 Å². The van der Waals surface area contributed by atoms with Crippen LogP contribution in [0.5, 0.6) is 0 Å². The highest BCUT2D eigenvalue weighted by Gasteiger charge is 2.10. The first-order valence-corrected chi connectivity index (χ1v) is 5.73. The summed E-state index contributed by atoms with van der Waals surface area (Å²) >= 11 is 7.41. The Morgan fingerprint density at radius 1 is 1.50 bits per heavy atom. The predicted molar refractivity (Wildman–Crippen MR) is 55.0 cm³/mol. The zero-order chi connectivity index (χ0) is 8.97. The lowest BCUT2D eigenvalue weighted by Gasteiger charge is -2.06. The van der Waals surface area contributed by atoms with E-state index in [1.165, 1.54) is 17.8 Å². The third kappa shape index (κ3) is 2.20. The quantitative estimate of drug-likeness (QED) is 0.679. The van der Waals surface area contributed by atoms with E-state index in [1.807, 2.05) is 0 Å². The predicted octanol–water partition coefficient (Wildman–Crippen LogP) is 3.79. The van der Waals surface area contributed by atoms with Gasteiger partial charge >= 0.3 is 0 Å². The molecule has 68 valence electrons. The van der Waals surface area contributed by atoms with Gasteiger partial charge in [0.2, 0.25) is 0 Å². The summed E-state index contributed by atoms with van der Waals surface area (Å²) in [5, 5.41) is 3.30. The Bertz CT molecular complexity index is 230. The number of thiazole rings is 1. The van der Waals surface area contributed by atoms with E-state index in [1.54, 1.807) is 11.3 Å². The summed E-state index contributed by atoms with van der Waals surface area (Å²) in [6.07, 6.45) is 2.34. The van der Waals surface area contributed by atoms with Crippen molar-refractivity contribution >= 4 is 22.9 Å². The van der Waals surface area contributed by atoms with Gasteiger partial charge in [0.1, 0.15) is 0 Å². The fourth-order valence-corrected chi connectivity index (χ4v) is 2.53. The molecule has 1 rings (SSSR count). The largest absolute Gasteiger partial charge is 0.245 e. The highest BCUT2D eigenvalue weighted by molar-refractivity contribution is 7.09. The number of halogens is 1. The second-order valence-corrected chi connectivity index (χ2v) is 3.98. The first-order valence-electron chi connectivity index (χ1n) is 4.32. The molecule has 0 aromatic carbocycles. The first kappa shape index (κ1) is 10.0. The molecule has 0 aliphatic rings. The normalized spacial score (nSPS) is 11.0. The van der Waals surface area contributed by atoms with Crippen LogP contribution < -0.4 is 0 Å². The van der Waals surface area contributed by atoms with Gasteiger partial charge in [0.05, 0.1) is 16.6 Å². The average molecular weight is 204 g/mol. The zero-order valence-electron chi connectivity index (χ0n) is 7.51. The summed E-state index contributed by atoms with van der Waals surface area (Å²) in [4.78, 5) is 4.46. The van der Waals surface area contributed by atoms with Crippen LogP contribution in [0.2, 0.25) is 0 Å². The van der Waals surface area contributed by atoms with E-state index in [4.69, 9.17) is 11.6 Å². The number of rotatable bonds is 4. The SMILES string of the molecule is CCC(CC)c1nc(CCl)cs1. The van der Waals surface area contributed by atoms with Gasteiger partial charge in [0.25, 0.3) is 0 Å². The molecule has 0 aliphatic carbocycles. The highest BCUT2D eigenvalue weighted by Crippen LogP contribution is 2.26. The van der Waals surface area contributed by atoms with Gasteiger partial charge in [-0.25, -0.2) is 4.98 Å². The van der Waals surface area contributed by atoms with Crippen LogP contribution in [0.25, 0.3) is 0 Å². The second kappa shape index (κ2) is 4.83. The Hall–Kier alpha value is -0.0800. The second-order valence-electron chi connectivity index (χ2n) is 2.82. The van der Waals surface area contributed by atoms with Crippen molar-refractivity contribution < 1.29 is 0 Å². The molecule has 1 nitrogen and oxygen atoms in total. The molecular weight excluding hydrogens is 190 g/mol. The molecular formula is C9H14ClNS. The van der Waals surface area contributed by atoms with Crippen molar-refractivity contribution in [3.63, 3.8) is 0 Å². The standard InChI is InChI=1S/C9H14ClNS/c1-3-7(4-2)9-11-8(5-10)6-12-9/h6-7H,3-5H2,1-2H3. The van der Waals surface area contributed by atoms with Crippen molar-refractivity contribution in [3.05, 3.63) is 16.1 Å². The number of hydrogen-bond acceptors (Lipinski definition) is 2. The van der Waals surface area contributed by atoms with Crippen LogP contribution in [0.3, 0.4) is 0 Å². The van der Waals surface area contributed by atoms with Gasteiger partial charge in [-0.2, -0.15) is 0 Å². The van der Waals surface area contributed by atoms with Crippen LogP contribution in [0.15, 0.2) is 5.38 Å². The Morgan fingerprint density at radius 3 is 2.58 bits per heavy atom. The monoisotopic (exact) mass is 203 g/mol. The van der Waals surface area contributed by atoms with Gasteiger partial charge in [-0.05, 0) is 12.8 Å². The van der Waals surface area contributed by atoms with E-state index in [9.17, 15) is 0 Å². The summed E-state index contributed by atoms with van der Waals surface area (Å²) in [5.74, 6) is 1.17. The summed E-state index contributed by atoms with van der Waals surface area (Å²) in [6.45, 7) is 4.41. The molecule has 1 aromatic heterocycles. The van der Waals surface area contributed by atoms with Crippen LogP contribution in [0, 0.1) is 0 Å². The van der Waals surface area contributed by atoms with Gasteiger partial charge in [-0.15, -0.1) is 22.9 Å². The molecule has 0 radical (unpaired) electrons. The maximum atomic E-state index is 5.68. The topological polar surface area (TPSA) is 12.9 Å². The molecule has 1 heterocycles. The third-order valence-corrected chi connectivity index (χ3v) is 3.37. The maximum Gasteiger partial charge on any atom is 0.0959 e. The number of hydrogen-bond donors (Lipinski definition) is 0. The van der Waals surface area contributed by atoms with Crippen LogP contribution >= 0.6 is 22.9 Å². The average Bonchev–Trinajstić information content (AvgIpc) is 2.55. The molecule has 0 fully saturated rings. The van der Waals surface area contributed by atoms with Crippen LogP contribution in [-0.2, 0) is 5.88 Å². The first-order chi connectivity index (χ1) is 5.81.